The summed E-state index contributed by atoms with van der Waals surface area (Å²) in [5.74, 6) is 0.436. The Labute approximate surface area is 138 Å². The number of halogens is 1. The zero-order chi connectivity index (χ0) is 16.2. The van der Waals surface area contributed by atoms with Crippen molar-refractivity contribution in [2.24, 2.45) is 0 Å². The largest absolute Gasteiger partial charge is 0.376 e. The average Bonchev–Trinajstić information content (AvgIpc) is 3.19. The Morgan fingerprint density at radius 2 is 2.22 bits per heavy atom. The zero-order valence-electron chi connectivity index (χ0n) is 12.7. The van der Waals surface area contributed by atoms with Gasteiger partial charge in [-0.25, -0.2) is 4.39 Å². The number of ether oxygens (including phenoxy) is 1. The van der Waals surface area contributed by atoms with E-state index in [2.05, 4.69) is 5.32 Å². The van der Waals surface area contributed by atoms with Crippen molar-refractivity contribution in [2.75, 3.05) is 24.8 Å². The van der Waals surface area contributed by atoms with E-state index in [4.69, 9.17) is 4.74 Å². The number of nitrogens with zero attached hydrogens (tertiary/aromatic N) is 1. The number of benzene rings is 1. The third-order valence-electron chi connectivity index (χ3n) is 4.04. The number of amides is 2. The predicted octanol–water partition coefficient (Wildman–Crippen LogP) is 1.69. The average molecular weight is 338 g/mol. The fourth-order valence-electron chi connectivity index (χ4n) is 2.86. The van der Waals surface area contributed by atoms with E-state index in [9.17, 15) is 14.0 Å². The van der Waals surface area contributed by atoms with Gasteiger partial charge in [0, 0.05) is 6.61 Å². The number of hydrogen-bond donors (Lipinski definition) is 1. The topological polar surface area (TPSA) is 58.6 Å². The standard InChI is InChI=1S/C16H19FN2O3S/c17-12-5-3-11(4-6-12)16(13-2-1-7-22-13)18-14(20)8-19-10-23-9-15(19)21/h3-6,13,16H,1-2,7-10H2,(H,18,20). The molecule has 2 fully saturated rings. The first-order valence-electron chi connectivity index (χ1n) is 7.65. The second-order valence-electron chi connectivity index (χ2n) is 5.72. The first kappa shape index (κ1) is 16.3. The molecule has 2 unspecified atom stereocenters. The summed E-state index contributed by atoms with van der Waals surface area (Å²) in [5, 5.41) is 2.95. The third kappa shape index (κ3) is 4.03. The van der Waals surface area contributed by atoms with Crippen LogP contribution in [0.15, 0.2) is 24.3 Å². The van der Waals surface area contributed by atoms with Gasteiger partial charge in [0.2, 0.25) is 11.8 Å². The molecular weight excluding hydrogens is 319 g/mol. The van der Waals surface area contributed by atoms with E-state index in [0.29, 0.717) is 18.2 Å². The molecule has 1 aromatic rings. The van der Waals surface area contributed by atoms with Crippen LogP contribution in [-0.2, 0) is 14.3 Å². The van der Waals surface area contributed by atoms with Crippen LogP contribution in [0.3, 0.4) is 0 Å². The molecule has 0 aromatic heterocycles. The predicted molar refractivity (Wildman–Crippen MR) is 85.3 cm³/mol. The Morgan fingerprint density at radius 3 is 2.83 bits per heavy atom. The molecule has 7 heteroatoms. The minimum Gasteiger partial charge on any atom is -0.376 e. The molecule has 0 spiro atoms. The second-order valence-corrected chi connectivity index (χ2v) is 6.67. The van der Waals surface area contributed by atoms with Crippen LogP contribution in [0.2, 0.25) is 0 Å². The van der Waals surface area contributed by atoms with E-state index in [0.717, 1.165) is 18.4 Å². The molecule has 0 aliphatic carbocycles. The highest BCUT2D eigenvalue weighted by molar-refractivity contribution is 8.00. The molecule has 2 atom stereocenters. The lowest BCUT2D eigenvalue weighted by molar-refractivity contribution is -0.133. The van der Waals surface area contributed by atoms with Crippen molar-refractivity contribution in [1.82, 2.24) is 10.2 Å². The van der Waals surface area contributed by atoms with E-state index in [-0.39, 0.29) is 36.3 Å². The van der Waals surface area contributed by atoms with Crippen molar-refractivity contribution >= 4 is 23.6 Å². The molecule has 1 N–H and O–H groups in total. The molecule has 124 valence electrons. The molecule has 1 aromatic carbocycles. The SMILES string of the molecule is O=C(CN1CSCC1=O)NC(c1ccc(F)cc1)C1CCCO1. The minimum absolute atomic E-state index is 0.0133. The van der Waals surface area contributed by atoms with Crippen LogP contribution in [-0.4, -0.2) is 47.6 Å². The monoisotopic (exact) mass is 338 g/mol. The molecule has 5 nitrogen and oxygen atoms in total. The van der Waals surface area contributed by atoms with Gasteiger partial charge < -0.3 is 15.0 Å². The van der Waals surface area contributed by atoms with Crippen LogP contribution in [0.1, 0.15) is 24.4 Å². The van der Waals surface area contributed by atoms with E-state index in [1.165, 1.54) is 28.8 Å². The quantitative estimate of drug-likeness (QED) is 0.888. The summed E-state index contributed by atoms with van der Waals surface area (Å²) >= 11 is 1.50. The van der Waals surface area contributed by atoms with Gasteiger partial charge >= 0.3 is 0 Å². The van der Waals surface area contributed by atoms with Crippen molar-refractivity contribution in [3.63, 3.8) is 0 Å². The van der Waals surface area contributed by atoms with Gasteiger partial charge in [0.1, 0.15) is 12.4 Å². The highest BCUT2D eigenvalue weighted by atomic mass is 32.2. The van der Waals surface area contributed by atoms with Crippen LogP contribution >= 0.6 is 11.8 Å². The van der Waals surface area contributed by atoms with Crippen molar-refractivity contribution in [2.45, 2.75) is 25.0 Å². The number of thioether (sulfide) groups is 1. The van der Waals surface area contributed by atoms with Gasteiger partial charge in [-0.2, -0.15) is 0 Å². The fourth-order valence-corrected chi connectivity index (χ4v) is 3.76. The van der Waals surface area contributed by atoms with E-state index in [1.54, 1.807) is 12.1 Å². The first-order chi connectivity index (χ1) is 11.1. The smallest absolute Gasteiger partial charge is 0.240 e. The molecule has 2 amide bonds. The summed E-state index contributed by atoms with van der Waals surface area (Å²) in [4.78, 5) is 25.5. The van der Waals surface area contributed by atoms with E-state index in [1.807, 2.05) is 0 Å². The van der Waals surface area contributed by atoms with Crippen LogP contribution in [0.4, 0.5) is 4.39 Å². The Bertz CT molecular complexity index is 575. The molecule has 0 saturated carbocycles. The fraction of sp³-hybridized carbons (Fsp3) is 0.500. The molecule has 23 heavy (non-hydrogen) atoms. The van der Waals surface area contributed by atoms with Crippen molar-refractivity contribution < 1.29 is 18.7 Å². The molecule has 0 radical (unpaired) electrons. The Kier molecular flexibility index (Phi) is 5.17. The third-order valence-corrected chi connectivity index (χ3v) is 4.99. The summed E-state index contributed by atoms with van der Waals surface area (Å²) in [7, 11) is 0. The summed E-state index contributed by atoms with van der Waals surface area (Å²) < 4.78 is 18.8. The van der Waals surface area contributed by atoms with Crippen molar-refractivity contribution in [3.8, 4) is 0 Å². The molecule has 2 heterocycles. The highest BCUT2D eigenvalue weighted by Crippen LogP contribution is 2.27. The maximum atomic E-state index is 13.1. The van der Waals surface area contributed by atoms with Crippen LogP contribution < -0.4 is 5.32 Å². The van der Waals surface area contributed by atoms with Gasteiger partial charge in [0.05, 0.1) is 23.8 Å². The van der Waals surface area contributed by atoms with Crippen LogP contribution in [0, 0.1) is 5.82 Å². The number of carbonyl (C=O) groups is 2. The molecule has 2 saturated heterocycles. The number of nitrogens with one attached hydrogen (secondary N) is 1. The Morgan fingerprint density at radius 1 is 1.43 bits per heavy atom. The number of carbonyl (C=O) groups excluding carboxylic acids is 2. The Hall–Kier alpha value is -1.60. The molecule has 0 bridgehead atoms. The van der Waals surface area contributed by atoms with Gasteiger partial charge in [-0.05, 0) is 30.5 Å². The maximum absolute atomic E-state index is 13.1. The number of rotatable bonds is 5. The lowest BCUT2D eigenvalue weighted by Gasteiger charge is -2.26. The van der Waals surface area contributed by atoms with Crippen LogP contribution in [0.25, 0.3) is 0 Å². The number of hydrogen-bond acceptors (Lipinski definition) is 4. The van der Waals surface area contributed by atoms with Gasteiger partial charge in [0.25, 0.3) is 0 Å². The van der Waals surface area contributed by atoms with E-state index >= 15 is 0 Å². The summed E-state index contributed by atoms with van der Waals surface area (Å²) in [6, 6.07) is 5.77. The van der Waals surface area contributed by atoms with Crippen LogP contribution in [0.5, 0.6) is 0 Å². The maximum Gasteiger partial charge on any atom is 0.240 e. The van der Waals surface area contributed by atoms with E-state index < -0.39 is 0 Å². The minimum atomic E-state index is -0.323. The first-order valence-corrected chi connectivity index (χ1v) is 8.81. The second kappa shape index (κ2) is 7.31. The van der Waals surface area contributed by atoms with Gasteiger partial charge in [-0.1, -0.05) is 12.1 Å². The lowest BCUT2D eigenvalue weighted by atomic mass is 9.99. The molecule has 3 rings (SSSR count). The molecule has 2 aliphatic heterocycles. The normalized spacial score (nSPS) is 22.4. The van der Waals surface area contributed by atoms with Crippen molar-refractivity contribution in [3.05, 3.63) is 35.6 Å². The summed E-state index contributed by atoms with van der Waals surface area (Å²) in [5.41, 5.74) is 0.814. The van der Waals surface area contributed by atoms with Crippen molar-refractivity contribution in [1.29, 1.82) is 0 Å². The summed E-state index contributed by atoms with van der Waals surface area (Å²) in [6.45, 7) is 0.718. The zero-order valence-corrected chi connectivity index (χ0v) is 13.5. The van der Waals surface area contributed by atoms with Gasteiger partial charge in [0.15, 0.2) is 0 Å². The van der Waals surface area contributed by atoms with Gasteiger partial charge in [-0.15, -0.1) is 11.8 Å². The Balaban J connectivity index is 1.69. The van der Waals surface area contributed by atoms with Gasteiger partial charge in [-0.3, -0.25) is 9.59 Å². The summed E-state index contributed by atoms with van der Waals surface area (Å²) in [6.07, 6.45) is 1.67. The molecular formula is C16H19FN2O3S. The lowest BCUT2D eigenvalue weighted by Crippen LogP contribution is -2.42. The highest BCUT2D eigenvalue weighted by Gasteiger charge is 2.30. The molecule has 2 aliphatic rings.